The Hall–Kier alpha value is -5.63. The van der Waals surface area contributed by atoms with Crippen molar-refractivity contribution < 1.29 is 76.0 Å². The van der Waals surface area contributed by atoms with Gasteiger partial charge >= 0.3 is 36.0 Å². The van der Waals surface area contributed by atoms with Gasteiger partial charge in [0.15, 0.2) is 11.9 Å². The fraction of sp³-hybridized carbons (Fsp3) is 0.672. The van der Waals surface area contributed by atoms with Gasteiger partial charge in [0, 0.05) is 30.4 Å². The molecule has 0 spiro atoms. The third-order valence-corrected chi connectivity index (χ3v) is 14.9. The molecule has 0 bridgehead atoms. The zero-order valence-electron chi connectivity index (χ0n) is 49.6. The van der Waals surface area contributed by atoms with Crippen molar-refractivity contribution in [2.45, 2.75) is 259 Å². The van der Waals surface area contributed by atoms with Crippen LogP contribution in [0, 0.1) is 6.92 Å². The molecule has 3 rings (SSSR count). The number of benzene rings is 2. The number of hydrogen-bond acceptors (Lipinski definition) is 16. The summed E-state index contributed by atoms with van der Waals surface area (Å²) in [7, 11) is 0.901. The number of hydrogen-bond donors (Lipinski definition) is 0. The molecule has 2 aromatic rings. The summed E-state index contributed by atoms with van der Waals surface area (Å²) in [5.74, 6) is -2.52. The van der Waals surface area contributed by atoms with Crippen LogP contribution < -0.4 is 14.2 Å². The minimum absolute atomic E-state index is 0.0363. The largest absolute Gasteiger partial charge is 0.514 e. The van der Waals surface area contributed by atoms with E-state index < -0.39 is 56.1 Å². The van der Waals surface area contributed by atoms with E-state index in [1.807, 2.05) is 0 Å². The normalized spacial score (nSPS) is 12.0. The van der Waals surface area contributed by atoms with Crippen molar-refractivity contribution in [1.82, 2.24) is 0 Å². The van der Waals surface area contributed by atoms with Crippen LogP contribution in [0.3, 0.4) is 0 Å². The molecule has 16 nitrogen and oxygen atoms in total. The summed E-state index contributed by atoms with van der Waals surface area (Å²) in [6.07, 6.45) is 30.8. The van der Waals surface area contributed by atoms with Gasteiger partial charge in [-0.2, -0.15) is 0 Å². The maximum Gasteiger partial charge on any atom is 0.514 e. The molecule has 81 heavy (non-hydrogen) atoms. The van der Waals surface area contributed by atoms with Crippen molar-refractivity contribution in [1.29, 1.82) is 0 Å². The highest BCUT2D eigenvalue weighted by Gasteiger charge is 2.34. The summed E-state index contributed by atoms with van der Waals surface area (Å²) >= 11 is 0. The van der Waals surface area contributed by atoms with Crippen molar-refractivity contribution in [2.24, 2.45) is 0 Å². The first-order valence-corrected chi connectivity index (χ1v) is 31.2. The van der Waals surface area contributed by atoms with Crippen molar-refractivity contribution >= 4 is 50.0 Å². The predicted molar refractivity (Wildman–Crippen MR) is 311 cm³/mol. The van der Waals surface area contributed by atoms with Gasteiger partial charge in [0.25, 0.3) is 0 Å². The van der Waals surface area contributed by atoms with Gasteiger partial charge in [0.1, 0.15) is 43.5 Å². The number of ether oxygens (including phenoxy) is 8. The van der Waals surface area contributed by atoms with Crippen LogP contribution >= 0.6 is 8.46 Å². The summed E-state index contributed by atoms with van der Waals surface area (Å²) in [6.45, 7) is 7.17. The molecule has 0 N–H and O–H groups in total. The van der Waals surface area contributed by atoms with Crippen LogP contribution in [-0.4, -0.2) is 68.0 Å². The smallest absolute Gasteiger partial charge is 0.496 e. The fourth-order valence-corrected chi connectivity index (χ4v) is 9.80. The van der Waals surface area contributed by atoms with Gasteiger partial charge < -0.3 is 37.9 Å². The van der Waals surface area contributed by atoms with Crippen molar-refractivity contribution in [2.75, 3.05) is 20.3 Å². The van der Waals surface area contributed by atoms with Crippen LogP contribution in [0.5, 0.6) is 17.2 Å². The van der Waals surface area contributed by atoms with Crippen molar-refractivity contribution in [3.8, 4) is 17.2 Å². The first-order chi connectivity index (χ1) is 39.3. The van der Waals surface area contributed by atoms with Gasteiger partial charge in [-0.25, -0.2) is 9.59 Å². The molecule has 1 heterocycles. The lowest BCUT2D eigenvalue weighted by atomic mass is 9.94. The molecule has 0 aromatic heterocycles. The number of esters is 5. The molecule has 2 aromatic carbocycles. The van der Waals surface area contributed by atoms with Crippen LogP contribution in [-0.2, 0) is 71.9 Å². The minimum Gasteiger partial charge on any atom is -0.496 e. The number of cyclic esters (lactones) is 1. The van der Waals surface area contributed by atoms with Gasteiger partial charge in [-0.15, -0.1) is 0 Å². The number of methoxy groups -OCH3 is 1. The Bertz CT molecular complexity index is 2210. The molecule has 0 saturated heterocycles. The highest BCUT2D eigenvalue weighted by atomic mass is 31.1. The van der Waals surface area contributed by atoms with Gasteiger partial charge in [-0.3, -0.25) is 28.5 Å². The Kier molecular flexibility index (Phi) is 37.1. The molecule has 0 aliphatic carbocycles. The lowest BCUT2D eigenvalue weighted by Crippen LogP contribution is -2.31. The number of carbonyl (C=O) groups is 7. The Morgan fingerprint density at radius 3 is 1.54 bits per heavy atom. The van der Waals surface area contributed by atoms with Crippen LogP contribution in [0.15, 0.2) is 35.9 Å². The number of carbonyl (C=O) groups excluding carboxylic acids is 7. The average Bonchev–Trinajstić information content (AvgIpc) is 4.02. The number of unbranched alkanes of at least 4 members (excludes halogenated alkanes) is 24. The highest BCUT2D eigenvalue weighted by Crippen LogP contribution is 2.43. The molecule has 0 atom stereocenters. The maximum absolute atomic E-state index is 13.2. The Labute approximate surface area is 484 Å². The zero-order valence-corrected chi connectivity index (χ0v) is 50.5. The second-order valence-corrected chi connectivity index (χ2v) is 22.0. The lowest BCUT2D eigenvalue weighted by molar-refractivity contribution is -0.167. The van der Waals surface area contributed by atoms with Gasteiger partial charge in [0.2, 0.25) is 14.0 Å². The van der Waals surface area contributed by atoms with Crippen molar-refractivity contribution in [3.63, 3.8) is 0 Å². The third kappa shape index (κ3) is 30.3. The predicted octanol–water partition coefficient (Wildman–Crippen LogP) is 16.1. The molecule has 1 aliphatic rings. The Morgan fingerprint density at radius 2 is 1.06 bits per heavy atom. The van der Waals surface area contributed by atoms with E-state index in [0.717, 1.165) is 44.1 Å². The highest BCUT2D eigenvalue weighted by molar-refractivity contribution is 7.46. The monoisotopic (exact) mass is 1150 g/mol. The average molecular weight is 1150 g/mol. The van der Waals surface area contributed by atoms with E-state index in [-0.39, 0.29) is 82.0 Å². The van der Waals surface area contributed by atoms with Crippen molar-refractivity contribution in [3.05, 3.63) is 63.7 Å². The zero-order chi connectivity index (χ0) is 58.9. The maximum atomic E-state index is 13.2. The SMILES string of the molecule is CCCCCCCCCCCCCCCC(=O)OCC(COC(=O)CCCCCCCCCCCCCCC)OC(=O)CCC(=O)Oc1ccc(COC(=O)Oc2c(C/C=C(\C)CCC(=O)P=O)c(OC)c(C)c3c2C(=O)OC3)cc1. The quantitative estimate of drug-likeness (QED) is 0.0115. The van der Waals surface area contributed by atoms with Gasteiger partial charge in [-0.1, -0.05) is 192 Å². The van der Waals surface area contributed by atoms with E-state index in [2.05, 4.69) is 13.8 Å². The van der Waals surface area contributed by atoms with Crippen LogP contribution in [0.25, 0.3) is 0 Å². The molecular weight excluding hydrogens is 1060 g/mol. The molecular formula is C64H95O16P. The molecule has 0 amide bonds. The molecule has 452 valence electrons. The van der Waals surface area contributed by atoms with E-state index in [0.29, 0.717) is 47.3 Å². The van der Waals surface area contributed by atoms with E-state index in [4.69, 9.17) is 37.9 Å². The Morgan fingerprint density at radius 1 is 0.580 bits per heavy atom. The summed E-state index contributed by atoms with van der Waals surface area (Å²) in [5, 5.41) is 0. The summed E-state index contributed by atoms with van der Waals surface area (Å²) < 4.78 is 55.0. The summed E-state index contributed by atoms with van der Waals surface area (Å²) in [5.41, 5.74) is 2.51. The second-order valence-electron chi connectivity index (χ2n) is 21.4. The fourth-order valence-electron chi connectivity index (χ4n) is 9.60. The summed E-state index contributed by atoms with van der Waals surface area (Å²) in [6, 6.07) is 6.10. The standard InChI is InChI=1S/C64H95O16P/c1-6-8-10-12-14-16-18-20-22-24-26-28-30-32-55(65)74-45-52(46-75-56(66)33-31-29-27-25-23-21-19-17-15-13-11-9-7-2)79-58(68)42-41-57(67)78-51-38-36-50(37-39-51)44-77-64(71)80-62-53(40-34-48(3)35-43-59(69)81-72)61(73-5)49(4)54-47-76-63(70)60(54)62/h34,36-39,52H,6-33,35,40-47H2,1-5H3/b48-34+. The van der Waals surface area contributed by atoms with Gasteiger partial charge in [0.05, 0.1) is 20.0 Å². The van der Waals surface area contributed by atoms with Gasteiger partial charge in [-0.05, 0) is 62.8 Å². The molecule has 0 fully saturated rings. The number of fused-ring (bicyclic) bond motifs is 1. The van der Waals surface area contributed by atoms with E-state index >= 15 is 0 Å². The summed E-state index contributed by atoms with van der Waals surface area (Å²) in [4.78, 5) is 89.1. The van der Waals surface area contributed by atoms with Crippen LogP contribution in [0.4, 0.5) is 4.79 Å². The second kappa shape index (κ2) is 43.1. The van der Waals surface area contributed by atoms with E-state index in [1.165, 1.54) is 135 Å². The van der Waals surface area contributed by atoms with Crippen LogP contribution in [0.1, 0.15) is 259 Å². The minimum atomic E-state index is -1.11. The molecule has 1 aliphatic heterocycles. The van der Waals surface area contributed by atoms with E-state index in [9.17, 15) is 38.1 Å². The van der Waals surface area contributed by atoms with Crippen LogP contribution in [0.2, 0.25) is 0 Å². The molecule has 0 radical (unpaired) electrons. The number of rotatable bonds is 47. The third-order valence-electron chi connectivity index (χ3n) is 14.5. The number of allylic oxidation sites excluding steroid dienone is 2. The van der Waals surface area contributed by atoms with E-state index in [1.54, 1.807) is 32.1 Å². The Balaban J connectivity index is 1.47. The first kappa shape index (κ1) is 69.6. The first-order valence-electron chi connectivity index (χ1n) is 30.4. The molecule has 17 heteroatoms. The lowest BCUT2D eigenvalue weighted by Gasteiger charge is -2.18. The topological polar surface area (TPSA) is 210 Å². The molecule has 0 saturated carbocycles. The molecule has 0 unspecified atom stereocenters.